The first-order chi connectivity index (χ1) is 16.4. The lowest BCUT2D eigenvalue weighted by Crippen LogP contribution is -2.17. The van der Waals surface area contributed by atoms with Gasteiger partial charge in [0.15, 0.2) is 0 Å². The quantitative estimate of drug-likeness (QED) is 0.127. The first kappa shape index (κ1) is 24.0. The highest BCUT2D eigenvalue weighted by Gasteiger charge is 2.19. The first-order valence-corrected chi connectivity index (χ1v) is 11.7. The van der Waals surface area contributed by atoms with E-state index in [0.29, 0.717) is 37.5 Å². The summed E-state index contributed by atoms with van der Waals surface area (Å²) in [4.78, 5) is 25.1. The lowest BCUT2D eigenvalue weighted by atomic mass is 10.2. The van der Waals surface area contributed by atoms with Crippen LogP contribution < -0.4 is 14.9 Å². The van der Waals surface area contributed by atoms with Gasteiger partial charge >= 0.3 is 5.97 Å². The van der Waals surface area contributed by atoms with Crippen LogP contribution in [0.1, 0.15) is 25.6 Å². The SMILES string of the molecule is COc1ccc2c(Cl)c(C(=O)Oc3ccc(C=NNC(=O)c4ccc(Cl)c(Cl)c4)cc3)sc2c1. The molecule has 0 radical (unpaired) electrons. The number of hydrogen-bond donors (Lipinski definition) is 1. The lowest BCUT2D eigenvalue weighted by Gasteiger charge is -2.04. The number of methoxy groups -OCH3 is 1. The van der Waals surface area contributed by atoms with Gasteiger partial charge in [-0.05, 0) is 66.2 Å². The summed E-state index contributed by atoms with van der Waals surface area (Å²) in [5.74, 6) is 0.0301. The van der Waals surface area contributed by atoms with Crippen LogP contribution in [-0.4, -0.2) is 25.2 Å². The number of hydrogen-bond acceptors (Lipinski definition) is 6. The zero-order valence-corrected chi connectivity index (χ0v) is 20.6. The molecule has 0 unspecified atom stereocenters. The zero-order valence-electron chi connectivity index (χ0n) is 17.5. The van der Waals surface area contributed by atoms with E-state index >= 15 is 0 Å². The number of nitrogens with one attached hydrogen (secondary N) is 1. The molecule has 0 atom stereocenters. The maximum absolute atomic E-state index is 12.7. The van der Waals surface area contributed by atoms with Crippen LogP contribution in [0.15, 0.2) is 65.8 Å². The van der Waals surface area contributed by atoms with Crippen molar-refractivity contribution in [1.82, 2.24) is 5.43 Å². The molecular formula is C24H15Cl3N2O4S. The van der Waals surface area contributed by atoms with E-state index in [2.05, 4.69) is 10.5 Å². The summed E-state index contributed by atoms with van der Waals surface area (Å²) in [5.41, 5.74) is 3.42. The third-order valence-corrected chi connectivity index (χ3v) is 7.05. The Hall–Kier alpha value is -3.10. The van der Waals surface area contributed by atoms with Crippen LogP contribution in [0.25, 0.3) is 10.1 Å². The average Bonchev–Trinajstić information content (AvgIpc) is 3.17. The van der Waals surface area contributed by atoms with Crippen molar-refractivity contribution in [2.45, 2.75) is 0 Å². The summed E-state index contributed by atoms with van der Waals surface area (Å²) in [6.07, 6.45) is 1.46. The van der Waals surface area contributed by atoms with E-state index in [1.165, 1.54) is 29.7 Å². The Morgan fingerprint density at radius 1 is 0.941 bits per heavy atom. The number of thiophene rings is 1. The number of carbonyl (C=O) groups excluding carboxylic acids is 2. The summed E-state index contributed by atoms with van der Waals surface area (Å²) in [7, 11) is 1.57. The van der Waals surface area contributed by atoms with Crippen LogP contribution in [0.2, 0.25) is 15.1 Å². The van der Waals surface area contributed by atoms with Crippen molar-refractivity contribution < 1.29 is 19.1 Å². The number of ether oxygens (including phenoxy) is 2. The second kappa shape index (κ2) is 10.4. The van der Waals surface area contributed by atoms with Crippen molar-refractivity contribution in [3.63, 3.8) is 0 Å². The van der Waals surface area contributed by atoms with E-state index in [4.69, 9.17) is 44.3 Å². The van der Waals surface area contributed by atoms with Crippen LogP contribution in [0.3, 0.4) is 0 Å². The van der Waals surface area contributed by atoms with E-state index in [1.807, 2.05) is 6.07 Å². The van der Waals surface area contributed by atoms with Gasteiger partial charge in [-0.15, -0.1) is 11.3 Å². The summed E-state index contributed by atoms with van der Waals surface area (Å²) < 4.78 is 11.5. The molecule has 0 spiro atoms. The smallest absolute Gasteiger partial charge is 0.355 e. The number of carbonyl (C=O) groups is 2. The molecule has 34 heavy (non-hydrogen) atoms. The number of esters is 1. The van der Waals surface area contributed by atoms with E-state index in [0.717, 1.165) is 10.1 Å². The minimum absolute atomic E-state index is 0.278. The Labute approximate surface area is 213 Å². The van der Waals surface area contributed by atoms with Gasteiger partial charge in [-0.25, -0.2) is 10.2 Å². The van der Waals surface area contributed by atoms with Crippen LogP contribution >= 0.6 is 46.1 Å². The maximum Gasteiger partial charge on any atom is 0.355 e. The average molecular weight is 534 g/mol. The van der Waals surface area contributed by atoms with Gasteiger partial charge in [0.25, 0.3) is 5.91 Å². The molecule has 0 saturated carbocycles. The molecule has 172 valence electrons. The standard InChI is InChI=1S/C24H15Cl3N2O4S/c1-32-16-7-8-17-20(11-16)34-22(21(17)27)24(31)33-15-5-2-13(3-6-15)12-28-29-23(30)14-4-9-18(25)19(26)10-14/h2-12H,1H3,(H,29,30). The van der Waals surface area contributed by atoms with Crippen LogP contribution in [0.5, 0.6) is 11.5 Å². The fraction of sp³-hybridized carbons (Fsp3) is 0.0417. The minimum atomic E-state index is -0.555. The molecule has 4 rings (SSSR count). The van der Waals surface area contributed by atoms with E-state index in [1.54, 1.807) is 49.6 Å². The molecule has 1 heterocycles. The van der Waals surface area contributed by atoms with Crippen molar-refractivity contribution in [3.05, 3.63) is 91.7 Å². The fourth-order valence-corrected chi connectivity index (χ4v) is 4.66. The Kier molecular flexibility index (Phi) is 7.38. The lowest BCUT2D eigenvalue weighted by molar-refractivity contribution is 0.0739. The molecule has 1 aromatic heterocycles. The number of nitrogens with zero attached hydrogens (tertiary/aromatic N) is 1. The van der Waals surface area contributed by atoms with Crippen molar-refractivity contribution in [2.24, 2.45) is 5.10 Å². The van der Waals surface area contributed by atoms with Crippen molar-refractivity contribution in [1.29, 1.82) is 0 Å². The van der Waals surface area contributed by atoms with Crippen LogP contribution in [0.4, 0.5) is 0 Å². The molecule has 0 fully saturated rings. The van der Waals surface area contributed by atoms with E-state index in [9.17, 15) is 9.59 Å². The van der Waals surface area contributed by atoms with Gasteiger partial charge in [0.2, 0.25) is 0 Å². The van der Waals surface area contributed by atoms with Gasteiger partial charge in [0.1, 0.15) is 16.4 Å². The number of rotatable bonds is 6. The zero-order chi connectivity index (χ0) is 24.2. The number of fused-ring (bicyclic) bond motifs is 1. The summed E-state index contributed by atoms with van der Waals surface area (Å²) >= 11 is 19.4. The highest BCUT2D eigenvalue weighted by molar-refractivity contribution is 7.21. The molecule has 10 heteroatoms. The van der Waals surface area contributed by atoms with E-state index < -0.39 is 11.9 Å². The Balaban J connectivity index is 1.39. The Morgan fingerprint density at radius 2 is 1.68 bits per heavy atom. The normalized spacial score (nSPS) is 11.1. The molecule has 1 amide bonds. The topological polar surface area (TPSA) is 77.0 Å². The summed E-state index contributed by atoms with van der Waals surface area (Å²) in [5, 5.41) is 5.66. The third kappa shape index (κ3) is 5.34. The number of benzene rings is 3. The van der Waals surface area contributed by atoms with E-state index in [-0.39, 0.29) is 5.02 Å². The van der Waals surface area contributed by atoms with Crippen molar-refractivity contribution in [2.75, 3.05) is 7.11 Å². The van der Waals surface area contributed by atoms with Crippen LogP contribution in [0, 0.1) is 0 Å². The predicted octanol–water partition coefficient (Wildman–Crippen LogP) is 6.85. The van der Waals surface area contributed by atoms with Gasteiger partial charge < -0.3 is 9.47 Å². The molecular weight excluding hydrogens is 519 g/mol. The summed E-state index contributed by atoms with van der Waals surface area (Å²) in [6.45, 7) is 0. The minimum Gasteiger partial charge on any atom is -0.497 e. The second-order valence-corrected chi connectivity index (χ2v) is 9.14. The largest absolute Gasteiger partial charge is 0.497 e. The first-order valence-electron chi connectivity index (χ1n) is 9.72. The fourth-order valence-electron chi connectivity index (χ4n) is 2.95. The predicted molar refractivity (Wildman–Crippen MR) is 136 cm³/mol. The second-order valence-electron chi connectivity index (χ2n) is 6.89. The van der Waals surface area contributed by atoms with Crippen LogP contribution in [-0.2, 0) is 0 Å². The molecule has 4 aromatic rings. The molecule has 1 N–H and O–H groups in total. The third-order valence-electron chi connectivity index (χ3n) is 4.67. The Morgan fingerprint density at radius 3 is 2.38 bits per heavy atom. The van der Waals surface area contributed by atoms with Crippen molar-refractivity contribution in [3.8, 4) is 11.5 Å². The van der Waals surface area contributed by atoms with Gasteiger partial charge in [-0.2, -0.15) is 5.10 Å². The monoisotopic (exact) mass is 532 g/mol. The molecule has 3 aromatic carbocycles. The summed E-state index contributed by atoms with van der Waals surface area (Å²) in [6, 6.07) is 16.5. The molecule has 6 nitrogen and oxygen atoms in total. The van der Waals surface area contributed by atoms with Gasteiger partial charge in [-0.1, -0.05) is 34.8 Å². The highest BCUT2D eigenvalue weighted by atomic mass is 35.5. The van der Waals surface area contributed by atoms with Gasteiger partial charge in [0.05, 0.1) is 28.4 Å². The van der Waals surface area contributed by atoms with Crippen molar-refractivity contribution >= 4 is 74.3 Å². The Bertz CT molecular complexity index is 1420. The molecule has 0 saturated heterocycles. The molecule has 0 bridgehead atoms. The molecule has 0 aliphatic rings. The number of halogens is 3. The van der Waals surface area contributed by atoms with Gasteiger partial charge in [-0.3, -0.25) is 4.79 Å². The number of hydrazone groups is 1. The maximum atomic E-state index is 12.7. The highest BCUT2D eigenvalue weighted by Crippen LogP contribution is 2.37. The molecule has 0 aliphatic heterocycles. The molecule has 0 aliphatic carbocycles. The van der Waals surface area contributed by atoms with Gasteiger partial charge in [0, 0.05) is 15.6 Å². The number of amides is 1.